The van der Waals surface area contributed by atoms with Crippen LogP contribution in [0, 0.1) is 0 Å². The second-order valence-corrected chi connectivity index (χ2v) is 4.69. The highest BCUT2D eigenvalue weighted by Gasteiger charge is 2.28. The van der Waals surface area contributed by atoms with Crippen molar-refractivity contribution in [2.45, 2.75) is 38.0 Å². The zero-order valence-electron chi connectivity index (χ0n) is 9.89. The van der Waals surface area contributed by atoms with Crippen LogP contribution in [0.3, 0.4) is 0 Å². The lowest BCUT2D eigenvalue weighted by Gasteiger charge is -2.24. The number of phenolic OH excluding ortho intramolecular Hbond substituents is 3. The second-order valence-electron chi connectivity index (χ2n) is 4.69. The minimum atomic E-state index is -1.21. The van der Waals surface area contributed by atoms with Gasteiger partial charge in [-0.3, -0.25) is 0 Å². The summed E-state index contributed by atoms with van der Waals surface area (Å²) in [6.45, 7) is 0. The van der Waals surface area contributed by atoms with Gasteiger partial charge < -0.3 is 20.4 Å². The Bertz CT molecular complexity index is 475. The number of phenols is 3. The molecule has 2 rings (SSSR count). The first-order chi connectivity index (χ1) is 8.52. The Hall–Kier alpha value is -1.91. The molecule has 0 bridgehead atoms. The molecule has 5 heteroatoms. The third-order valence-electron chi connectivity index (χ3n) is 3.54. The molecule has 18 heavy (non-hydrogen) atoms. The summed E-state index contributed by atoms with van der Waals surface area (Å²) >= 11 is 0. The topological polar surface area (TPSA) is 98.0 Å². The van der Waals surface area contributed by atoms with E-state index in [1.165, 1.54) is 0 Å². The number of rotatable bonds is 2. The van der Waals surface area contributed by atoms with E-state index >= 15 is 0 Å². The molecule has 0 radical (unpaired) electrons. The molecular weight excluding hydrogens is 236 g/mol. The molecule has 0 heterocycles. The Morgan fingerprint density at radius 2 is 1.67 bits per heavy atom. The average molecular weight is 252 g/mol. The third-order valence-corrected chi connectivity index (χ3v) is 3.54. The quantitative estimate of drug-likeness (QED) is 0.606. The lowest BCUT2D eigenvalue weighted by molar-refractivity contribution is 0.0693. The van der Waals surface area contributed by atoms with Crippen LogP contribution in [0.15, 0.2) is 6.07 Å². The van der Waals surface area contributed by atoms with Gasteiger partial charge in [0.2, 0.25) is 5.75 Å². The number of aromatic carboxylic acids is 1. The third kappa shape index (κ3) is 2.08. The molecule has 0 aliphatic heterocycles. The molecule has 0 spiro atoms. The molecular formula is C13H16O5. The fourth-order valence-electron chi connectivity index (χ4n) is 2.64. The van der Waals surface area contributed by atoms with Crippen molar-refractivity contribution in [2.75, 3.05) is 0 Å². The highest BCUT2D eigenvalue weighted by Crippen LogP contribution is 2.46. The van der Waals surface area contributed by atoms with Crippen molar-refractivity contribution in [3.63, 3.8) is 0 Å². The minimum absolute atomic E-state index is 0.0728. The van der Waals surface area contributed by atoms with Crippen LogP contribution in [-0.2, 0) is 0 Å². The molecule has 0 atom stereocenters. The van der Waals surface area contributed by atoms with Gasteiger partial charge in [-0.05, 0) is 24.8 Å². The first-order valence-corrected chi connectivity index (χ1v) is 6.03. The van der Waals surface area contributed by atoms with E-state index in [4.69, 9.17) is 5.11 Å². The molecule has 0 saturated heterocycles. The van der Waals surface area contributed by atoms with Crippen molar-refractivity contribution in [3.05, 3.63) is 17.2 Å². The Kier molecular flexibility index (Phi) is 3.32. The van der Waals surface area contributed by atoms with Crippen molar-refractivity contribution >= 4 is 5.97 Å². The average Bonchev–Trinajstić information content (AvgIpc) is 2.36. The lowest BCUT2D eigenvalue weighted by atomic mass is 9.81. The Morgan fingerprint density at radius 3 is 2.22 bits per heavy atom. The van der Waals surface area contributed by atoms with Gasteiger partial charge in [-0.1, -0.05) is 19.3 Å². The number of carbonyl (C=O) groups is 1. The number of aromatic hydroxyl groups is 3. The van der Waals surface area contributed by atoms with E-state index in [2.05, 4.69) is 0 Å². The summed E-state index contributed by atoms with van der Waals surface area (Å²) in [5, 5.41) is 37.9. The molecule has 1 aliphatic rings. The second kappa shape index (κ2) is 4.76. The number of benzene rings is 1. The normalized spacial score (nSPS) is 16.7. The monoisotopic (exact) mass is 252 g/mol. The molecule has 1 fully saturated rings. The van der Waals surface area contributed by atoms with Gasteiger partial charge in [-0.15, -0.1) is 0 Å². The molecule has 1 aliphatic carbocycles. The van der Waals surface area contributed by atoms with Gasteiger partial charge in [0.15, 0.2) is 11.5 Å². The van der Waals surface area contributed by atoms with Gasteiger partial charge >= 0.3 is 5.97 Å². The molecule has 0 unspecified atom stereocenters. The largest absolute Gasteiger partial charge is 0.504 e. The summed E-state index contributed by atoms with van der Waals surface area (Å²) in [5.74, 6) is -3.03. The summed E-state index contributed by atoms with van der Waals surface area (Å²) in [7, 11) is 0. The highest BCUT2D eigenvalue weighted by molar-refractivity contribution is 5.92. The standard InChI is InChI=1S/C13H16O5/c14-9-6-8(13(17)18)10(12(16)11(9)15)7-4-2-1-3-5-7/h6-7,14-16H,1-5H2,(H,17,18). The highest BCUT2D eigenvalue weighted by atomic mass is 16.4. The van der Waals surface area contributed by atoms with Crippen LogP contribution in [-0.4, -0.2) is 26.4 Å². The van der Waals surface area contributed by atoms with E-state index in [0.717, 1.165) is 38.2 Å². The number of hydrogen-bond donors (Lipinski definition) is 4. The SMILES string of the molecule is O=C(O)c1cc(O)c(O)c(O)c1C1CCCCC1. The van der Waals surface area contributed by atoms with Crippen LogP contribution in [0.4, 0.5) is 0 Å². The Labute approximate surface area is 104 Å². The maximum Gasteiger partial charge on any atom is 0.336 e. The molecule has 98 valence electrons. The molecule has 1 aromatic carbocycles. The van der Waals surface area contributed by atoms with Crippen LogP contribution in [0.5, 0.6) is 17.2 Å². The Morgan fingerprint density at radius 1 is 1.06 bits per heavy atom. The van der Waals surface area contributed by atoms with Gasteiger partial charge in [-0.2, -0.15) is 0 Å². The first-order valence-electron chi connectivity index (χ1n) is 6.03. The van der Waals surface area contributed by atoms with E-state index in [0.29, 0.717) is 0 Å². The molecule has 1 aromatic rings. The van der Waals surface area contributed by atoms with E-state index in [9.17, 15) is 20.1 Å². The van der Waals surface area contributed by atoms with Crippen molar-refractivity contribution in [1.82, 2.24) is 0 Å². The van der Waals surface area contributed by atoms with Crippen molar-refractivity contribution in [2.24, 2.45) is 0 Å². The summed E-state index contributed by atoms with van der Waals surface area (Å²) in [6, 6.07) is 1.00. The van der Waals surface area contributed by atoms with E-state index in [1.54, 1.807) is 0 Å². The predicted molar refractivity (Wildman–Crippen MR) is 64.2 cm³/mol. The molecule has 0 aromatic heterocycles. The summed E-state index contributed by atoms with van der Waals surface area (Å²) in [4.78, 5) is 11.2. The number of carboxylic acid groups (broad SMARTS) is 1. The number of carboxylic acids is 1. The fraction of sp³-hybridized carbons (Fsp3) is 0.462. The minimum Gasteiger partial charge on any atom is -0.504 e. The molecule has 5 nitrogen and oxygen atoms in total. The van der Waals surface area contributed by atoms with Crippen LogP contribution < -0.4 is 0 Å². The van der Waals surface area contributed by atoms with Gasteiger partial charge in [0.25, 0.3) is 0 Å². The smallest absolute Gasteiger partial charge is 0.336 e. The van der Waals surface area contributed by atoms with Crippen molar-refractivity contribution < 1.29 is 25.2 Å². The summed E-state index contributed by atoms with van der Waals surface area (Å²) < 4.78 is 0. The number of hydrogen-bond acceptors (Lipinski definition) is 4. The maximum absolute atomic E-state index is 11.2. The van der Waals surface area contributed by atoms with E-state index < -0.39 is 23.2 Å². The summed E-state index contributed by atoms with van der Waals surface area (Å²) in [6.07, 6.45) is 4.63. The Balaban J connectivity index is 2.55. The van der Waals surface area contributed by atoms with Crippen LogP contribution >= 0.6 is 0 Å². The lowest BCUT2D eigenvalue weighted by Crippen LogP contribution is -2.11. The van der Waals surface area contributed by atoms with Crippen molar-refractivity contribution in [3.8, 4) is 17.2 Å². The zero-order chi connectivity index (χ0) is 13.3. The summed E-state index contributed by atoms with van der Waals surface area (Å²) in [5.41, 5.74) is 0.118. The van der Waals surface area contributed by atoms with Crippen LogP contribution in [0.1, 0.15) is 53.9 Å². The predicted octanol–water partition coefficient (Wildman–Crippen LogP) is 2.55. The van der Waals surface area contributed by atoms with Crippen molar-refractivity contribution in [1.29, 1.82) is 0 Å². The zero-order valence-corrected chi connectivity index (χ0v) is 9.89. The van der Waals surface area contributed by atoms with Gasteiger partial charge in [0, 0.05) is 5.56 Å². The molecule has 4 N–H and O–H groups in total. The van der Waals surface area contributed by atoms with Gasteiger partial charge in [-0.25, -0.2) is 4.79 Å². The first kappa shape index (κ1) is 12.5. The van der Waals surface area contributed by atoms with Crippen LogP contribution in [0.2, 0.25) is 0 Å². The maximum atomic E-state index is 11.2. The fourth-order valence-corrected chi connectivity index (χ4v) is 2.64. The van der Waals surface area contributed by atoms with E-state index in [1.807, 2.05) is 0 Å². The van der Waals surface area contributed by atoms with Gasteiger partial charge in [0.05, 0.1) is 5.56 Å². The van der Waals surface area contributed by atoms with Gasteiger partial charge in [0.1, 0.15) is 0 Å². The molecule has 0 amide bonds. The van der Waals surface area contributed by atoms with E-state index in [-0.39, 0.29) is 17.0 Å². The van der Waals surface area contributed by atoms with Crippen LogP contribution in [0.25, 0.3) is 0 Å². The molecule has 1 saturated carbocycles.